The Hall–Kier alpha value is -5.18. The van der Waals surface area contributed by atoms with Gasteiger partial charge in [0.2, 0.25) is 0 Å². The van der Waals surface area contributed by atoms with Crippen LogP contribution in [0.5, 0.6) is 0 Å². The summed E-state index contributed by atoms with van der Waals surface area (Å²) in [5.41, 5.74) is 9.58. The molecule has 1 aromatic heterocycles. The Bertz CT molecular complexity index is 2190. The van der Waals surface area contributed by atoms with E-state index < -0.39 is 0 Å². The van der Waals surface area contributed by atoms with Crippen LogP contribution in [-0.4, -0.2) is 0 Å². The SMILES string of the molecule is c1ccc2cc(-c3ccc(-c4ccc(-c5ccc(Nc6cccc7sc8ccccc8c67)cc5)cc4)cc3)ccc2c1. The zero-order valence-electron chi connectivity index (χ0n) is 22.9. The molecule has 2 heteroatoms. The van der Waals surface area contributed by atoms with Gasteiger partial charge in [-0.1, -0.05) is 121 Å². The molecule has 8 aromatic rings. The fourth-order valence-electron chi connectivity index (χ4n) is 5.86. The Kier molecular flexibility index (Phi) is 6.05. The normalized spacial score (nSPS) is 11.3. The summed E-state index contributed by atoms with van der Waals surface area (Å²) in [6.07, 6.45) is 0. The molecule has 0 aliphatic rings. The van der Waals surface area contributed by atoms with Crippen molar-refractivity contribution < 1.29 is 0 Å². The number of anilines is 2. The molecule has 1 heterocycles. The maximum atomic E-state index is 3.67. The smallest absolute Gasteiger partial charge is 0.0478 e. The Morgan fingerprint density at radius 1 is 0.381 bits per heavy atom. The minimum Gasteiger partial charge on any atom is -0.355 e. The molecule has 8 rings (SSSR count). The van der Waals surface area contributed by atoms with E-state index in [1.54, 1.807) is 0 Å². The van der Waals surface area contributed by atoms with Crippen molar-refractivity contribution in [2.45, 2.75) is 0 Å². The monoisotopic (exact) mass is 553 g/mol. The van der Waals surface area contributed by atoms with Crippen molar-refractivity contribution in [1.82, 2.24) is 0 Å². The fraction of sp³-hybridized carbons (Fsp3) is 0. The number of benzene rings is 7. The average Bonchev–Trinajstić information content (AvgIpc) is 3.45. The van der Waals surface area contributed by atoms with Crippen molar-refractivity contribution in [2.24, 2.45) is 0 Å². The van der Waals surface area contributed by atoms with Crippen LogP contribution < -0.4 is 5.32 Å². The summed E-state index contributed by atoms with van der Waals surface area (Å²) < 4.78 is 2.63. The van der Waals surface area contributed by atoms with Gasteiger partial charge in [-0.25, -0.2) is 0 Å². The topological polar surface area (TPSA) is 12.0 Å². The van der Waals surface area contributed by atoms with Crippen LogP contribution in [0.4, 0.5) is 11.4 Å². The molecule has 198 valence electrons. The van der Waals surface area contributed by atoms with Gasteiger partial charge in [0.05, 0.1) is 0 Å². The van der Waals surface area contributed by atoms with Gasteiger partial charge >= 0.3 is 0 Å². The largest absolute Gasteiger partial charge is 0.355 e. The second-order valence-electron chi connectivity index (χ2n) is 10.7. The molecule has 0 saturated carbocycles. The van der Waals surface area contributed by atoms with Crippen LogP contribution >= 0.6 is 11.3 Å². The third kappa shape index (κ3) is 4.52. The quantitative estimate of drug-likeness (QED) is 0.223. The molecule has 0 aliphatic heterocycles. The highest BCUT2D eigenvalue weighted by Gasteiger charge is 2.09. The Morgan fingerprint density at radius 3 is 1.60 bits per heavy atom. The van der Waals surface area contributed by atoms with Crippen LogP contribution in [0.15, 0.2) is 158 Å². The van der Waals surface area contributed by atoms with Crippen molar-refractivity contribution in [2.75, 3.05) is 5.32 Å². The molecule has 0 aliphatic carbocycles. The van der Waals surface area contributed by atoms with Crippen LogP contribution in [0, 0.1) is 0 Å². The van der Waals surface area contributed by atoms with Gasteiger partial charge in [-0.3, -0.25) is 0 Å². The Balaban J connectivity index is 1.00. The summed E-state index contributed by atoms with van der Waals surface area (Å²) in [4.78, 5) is 0. The standard InChI is InChI=1S/C40H27NS/c1-2-7-33-26-34(21-20-27(33)6-1)32-18-16-29(17-19-32)28-12-14-30(15-13-28)31-22-24-35(25-23-31)41-37-9-5-11-39-40(37)36-8-3-4-10-38(36)42-39/h1-26,41H. The Morgan fingerprint density at radius 2 is 0.905 bits per heavy atom. The van der Waals surface area contributed by atoms with Gasteiger partial charge in [-0.15, -0.1) is 11.3 Å². The highest BCUT2D eigenvalue weighted by molar-refractivity contribution is 7.25. The molecule has 0 fully saturated rings. The molecule has 1 N–H and O–H groups in total. The van der Waals surface area contributed by atoms with E-state index in [4.69, 9.17) is 0 Å². The number of thiophene rings is 1. The van der Waals surface area contributed by atoms with E-state index in [1.165, 1.54) is 64.3 Å². The molecule has 0 spiro atoms. The second-order valence-corrected chi connectivity index (χ2v) is 11.8. The highest BCUT2D eigenvalue weighted by Crippen LogP contribution is 2.39. The summed E-state index contributed by atoms with van der Waals surface area (Å²) in [5, 5.41) is 8.81. The molecule has 42 heavy (non-hydrogen) atoms. The number of rotatable bonds is 5. The molecule has 0 unspecified atom stereocenters. The van der Waals surface area contributed by atoms with E-state index in [2.05, 4.69) is 163 Å². The molecule has 0 radical (unpaired) electrons. The maximum absolute atomic E-state index is 3.67. The average molecular weight is 554 g/mol. The molecule has 1 nitrogen and oxygen atoms in total. The van der Waals surface area contributed by atoms with Gasteiger partial charge in [0.25, 0.3) is 0 Å². The predicted molar refractivity (Wildman–Crippen MR) is 183 cm³/mol. The minimum atomic E-state index is 1.09. The first-order chi connectivity index (χ1) is 20.8. The summed E-state index contributed by atoms with van der Waals surface area (Å²) >= 11 is 1.85. The van der Waals surface area contributed by atoms with E-state index in [1.807, 2.05) is 11.3 Å². The summed E-state index contributed by atoms with van der Waals surface area (Å²) in [6, 6.07) is 56.8. The first-order valence-electron chi connectivity index (χ1n) is 14.3. The minimum absolute atomic E-state index is 1.09. The number of hydrogen-bond donors (Lipinski definition) is 1. The van der Waals surface area contributed by atoms with Crippen LogP contribution in [0.2, 0.25) is 0 Å². The first-order valence-corrected chi connectivity index (χ1v) is 15.1. The fourth-order valence-corrected chi connectivity index (χ4v) is 6.99. The van der Waals surface area contributed by atoms with Gasteiger partial charge in [0.1, 0.15) is 0 Å². The van der Waals surface area contributed by atoms with Gasteiger partial charge < -0.3 is 5.32 Å². The highest BCUT2D eigenvalue weighted by atomic mass is 32.1. The van der Waals surface area contributed by atoms with Crippen molar-refractivity contribution in [3.63, 3.8) is 0 Å². The van der Waals surface area contributed by atoms with Crippen LogP contribution in [-0.2, 0) is 0 Å². The maximum Gasteiger partial charge on any atom is 0.0478 e. The van der Waals surface area contributed by atoms with E-state index in [0.717, 1.165) is 11.4 Å². The zero-order valence-corrected chi connectivity index (χ0v) is 23.7. The lowest BCUT2D eigenvalue weighted by Gasteiger charge is -2.10. The van der Waals surface area contributed by atoms with Crippen LogP contribution in [0.25, 0.3) is 64.3 Å². The summed E-state index contributed by atoms with van der Waals surface area (Å²) in [5.74, 6) is 0. The molecule has 0 saturated heterocycles. The first kappa shape index (κ1) is 24.6. The molecule has 0 amide bonds. The van der Waals surface area contributed by atoms with Crippen molar-refractivity contribution in [3.05, 3.63) is 158 Å². The van der Waals surface area contributed by atoms with E-state index in [-0.39, 0.29) is 0 Å². The lowest BCUT2D eigenvalue weighted by Crippen LogP contribution is -1.91. The zero-order chi connectivity index (χ0) is 27.9. The molecule has 7 aromatic carbocycles. The lowest BCUT2D eigenvalue weighted by molar-refractivity contribution is 1.56. The number of nitrogens with one attached hydrogen (secondary N) is 1. The van der Waals surface area contributed by atoms with Gasteiger partial charge in [0.15, 0.2) is 0 Å². The van der Waals surface area contributed by atoms with Crippen LogP contribution in [0.3, 0.4) is 0 Å². The Labute approximate surface area is 249 Å². The number of hydrogen-bond acceptors (Lipinski definition) is 2. The lowest BCUT2D eigenvalue weighted by atomic mass is 9.97. The summed E-state index contributed by atoms with van der Waals surface area (Å²) in [6.45, 7) is 0. The van der Waals surface area contributed by atoms with E-state index in [0.29, 0.717) is 0 Å². The van der Waals surface area contributed by atoms with E-state index in [9.17, 15) is 0 Å². The van der Waals surface area contributed by atoms with Gasteiger partial charge in [-0.2, -0.15) is 0 Å². The summed E-state index contributed by atoms with van der Waals surface area (Å²) in [7, 11) is 0. The predicted octanol–water partition coefficient (Wildman–Crippen LogP) is 12.0. The molecular weight excluding hydrogens is 527 g/mol. The molecular formula is C40H27NS. The van der Waals surface area contributed by atoms with Gasteiger partial charge in [0, 0.05) is 31.5 Å². The van der Waals surface area contributed by atoms with Crippen molar-refractivity contribution in [3.8, 4) is 33.4 Å². The second kappa shape index (κ2) is 10.3. The number of fused-ring (bicyclic) bond motifs is 4. The molecule has 0 bridgehead atoms. The van der Waals surface area contributed by atoms with Crippen molar-refractivity contribution in [1.29, 1.82) is 0 Å². The third-order valence-corrected chi connectivity index (χ3v) is 9.22. The third-order valence-electron chi connectivity index (χ3n) is 8.09. The van der Waals surface area contributed by atoms with Gasteiger partial charge in [-0.05, 0) is 80.6 Å². The van der Waals surface area contributed by atoms with E-state index >= 15 is 0 Å². The van der Waals surface area contributed by atoms with Crippen molar-refractivity contribution >= 4 is 53.7 Å². The molecule has 0 atom stereocenters. The van der Waals surface area contributed by atoms with Crippen LogP contribution in [0.1, 0.15) is 0 Å².